The van der Waals surface area contributed by atoms with E-state index in [0.29, 0.717) is 11.9 Å². The van der Waals surface area contributed by atoms with Crippen molar-refractivity contribution in [2.24, 2.45) is 7.05 Å². The van der Waals surface area contributed by atoms with Crippen LogP contribution in [-0.2, 0) is 13.6 Å². The Morgan fingerprint density at radius 1 is 0.878 bits per heavy atom. The molecule has 1 aliphatic rings. The highest BCUT2D eigenvalue weighted by atomic mass is 19.1. The van der Waals surface area contributed by atoms with Gasteiger partial charge in [0.2, 0.25) is 5.82 Å². The summed E-state index contributed by atoms with van der Waals surface area (Å²) >= 11 is 0. The molecule has 41 heavy (non-hydrogen) atoms. The molecule has 6 rings (SSSR count). The van der Waals surface area contributed by atoms with E-state index in [4.69, 9.17) is 10.2 Å². The summed E-state index contributed by atoms with van der Waals surface area (Å²) < 4.78 is 15.7. The van der Waals surface area contributed by atoms with Crippen molar-refractivity contribution in [3.05, 3.63) is 108 Å². The zero-order chi connectivity index (χ0) is 28.2. The topological polar surface area (TPSA) is 82.7 Å². The van der Waals surface area contributed by atoms with E-state index in [0.717, 1.165) is 66.4 Å². The molecular formula is C33H30FN7. The van der Waals surface area contributed by atoms with E-state index in [1.54, 1.807) is 18.3 Å². The van der Waals surface area contributed by atoms with Crippen molar-refractivity contribution in [1.29, 1.82) is 5.26 Å². The Kier molecular flexibility index (Phi) is 7.52. The number of rotatable bonds is 7. The van der Waals surface area contributed by atoms with Crippen molar-refractivity contribution in [3.8, 4) is 40.0 Å². The minimum absolute atomic E-state index is 0.184. The van der Waals surface area contributed by atoms with Crippen LogP contribution in [0.15, 0.2) is 91.1 Å². The maximum absolute atomic E-state index is 13.6. The Balaban J connectivity index is 1.17. The van der Waals surface area contributed by atoms with Crippen molar-refractivity contribution >= 4 is 5.82 Å². The fourth-order valence-corrected chi connectivity index (χ4v) is 5.45. The lowest BCUT2D eigenvalue weighted by atomic mass is 10.0. The number of benzene rings is 3. The van der Waals surface area contributed by atoms with Gasteiger partial charge in [-0.2, -0.15) is 5.26 Å². The summed E-state index contributed by atoms with van der Waals surface area (Å²) in [7, 11) is 2.01. The van der Waals surface area contributed by atoms with E-state index < -0.39 is 0 Å². The molecule has 3 heterocycles. The zero-order valence-corrected chi connectivity index (χ0v) is 22.8. The summed E-state index contributed by atoms with van der Waals surface area (Å²) in [5.74, 6) is 1.43. The Labute approximate surface area is 239 Å². The summed E-state index contributed by atoms with van der Waals surface area (Å²) in [6.45, 7) is 2.84. The van der Waals surface area contributed by atoms with Crippen LogP contribution in [0.25, 0.3) is 33.9 Å². The van der Waals surface area contributed by atoms with Crippen molar-refractivity contribution in [3.63, 3.8) is 0 Å². The maximum atomic E-state index is 13.6. The highest BCUT2D eigenvalue weighted by molar-refractivity contribution is 5.82. The van der Waals surface area contributed by atoms with E-state index in [1.807, 2.05) is 37.4 Å². The van der Waals surface area contributed by atoms with E-state index >= 15 is 0 Å². The van der Waals surface area contributed by atoms with Crippen LogP contribution >= 0.6 is 0 Å². The molecule has 0 amide bonds. The predicted molar refractivity (Wildman–Crippen MR) is 158 cm³/mol. The third kappa shape index (κ3) is 5.86. The van der Waals surface area contributed by atoms with Gasteiger partial charge < -0.3 is 9.88 Å². The Morgan fingerprint density at radius 3 is 2.29 bits per heavy atom. The fourth-order valence-electron chi connectivity index (χ4n) is 5.45. The highest BCUT2D eigenvalue weighted by Crippen LogP contribution is 2.35. The number of piperidine rings is 1. The molecule has 0 atom stereocenters. The molecule has 0 radical (unpaired) electrons. The van der Waals surface area contributed by atoms with Crippen molar-refractivity contribution < 1.29 is 4.39 Å². The number of nitriles is 1. The molecule has 0 aliphatic carbocycles. The van der Waals surface area contributed by atoms with E-state index in [2.05, 4.69) is 61.1 Å². The highest BCUT2D eigenvalue weighted by Gasteiger charge is 2.21. The number of likely N-dealkylation sites (tertiary alicyclic amines) is 1. The zero-order valence-electron chi connectivity index (χ0n) is 22.8. The normalized spacial score (nSPS) is 14.1. The second kappa shape index (κ2) is 11.7. The van der Waals surface area contributed by atoms with Gasteiger partial charge in [-0.15, -0.1) is 0 Å². The van der Waals surface area contributed by atoms with Crippen LogP contribution in [0.2, 0.25) is 0 Å². The molecule has 1 N–H and O–H groups in total. The molecule has 0 saturated carbocycles. The van der Waals surface area contributed by atoms with Crippen LogP contribution in [0.4, 0.5) is 10.2 Å². The molecule has 1 aliphatic heterocycles. The first kappa shape index (κ1) is 26.4. The molecule has 1 fully saturated rings. The van der Waals surface area contributed by atoms with Crippen LogP contribution in [-0.4, -0.2) is 43.6 Å². The lowest BCUT2D eigenvalue weighted by molar-refractivity contribution is 0.211. The summed E-state index contributed by atoms with van der Waals surface area (Å²) in [5.41, 5.74) is 6.18. The number of nitrogens with one attached hydrogen (secondary N) is 1. The smallest absolute Gasteiger partial charge is 0.234 e. The summed E-state index contributed by atoms with van der Waals surface area (Å²) in [6.07, 6.45) is 3.62. The van der Waals surface area contributed by atoms with Gasteiger partial charge >= 0.3 is 0 Å². The minimum Gasteiger partial charge on any atom is -0.367 e. The molecule has 2 aromatic heterocycles. The molecule has 0 spiro atoms. The third-order valence-electron chi connectivity index (χ3n) is 7.57. The Bertz CT molecular complexity index is 1660. The molecule has 8 heteroatoms. The van der Waals surface area contributed by atoms with Gasteiger partial charge in [-0.1, -0.05) is 54.6 Å². The van der Waals surface area contributed by atoms with Gasteiger partial charge in [0.15, 0.2) is 0 Å². The minimum atomic E-state index is -0.262. The van der Waals surface area contributed by atoms with Gasteiger partial charge in [-0.25, -0.2) is 19.3 Å². The van der Waals surface area contributed by atoms with Crippen LogP contribution < -0.4 is 5.32 Å². The SMILES string of the molecule is Cn1c(-c2ccc(F)cc2)nc(-c2ccc(CN3CCC(Nc4ccnc(C#N)n4)CC3)cc2)c1-c1ccccc1. The number of nitrogens with zero attached hydrogens (tertiary/aromatic N) is 6. The van der Waals surface area contributed by atoms with Crippen LogP contribution in [0.3, 0.4) is 0 Å². The first-order valence-electron chi connectivity index (χ1n) is 13.8. The van der Waals surface area contributed by atoms with Gasteiger partial charge in [0, 0.05) is 55.6 Å². The second-order valence-corrected chi connectivity index (χ2v) is 10.3. The second-order valence-electron chi connectivity index (χ2n) is 10.3. The molecule has 0 bridgehead atoms. The third-order valence-corrected chi connectivity index (χ3v) is 7.57. The molecule has 1 saturated heterocycles. The molecular weight excluding hydrogens is 513 g/mol. The number of anilines is 1. The summed E-state index contributed by atoms with van der Waals surface area (Å²) in [5, 5.41) is 12.5. The van der Waals surface area contributed by atoms with Crippen molar-refractivity contribution in [1.82, 2.24) is 24.4 Å². The van der Waals surface area contributed by atoms with E-state index in [9.17, 15) is 4.39 Å². The number of hydrogen-bond acceptors (Lipinski definition) is 6. The average Bonchev–Trinajstić information content (AvgIpc) is 3.36. The summed E-state index contributed by atoms with van der Waals surface area (Å²) in [6, 6.07) is 29.5. The standard InChI is InChI=1S/C33H30FN7/c1-40-32(25-5-3-2-4-6-25)31(39-33(40)26-11-13-27(34)14-12-26)24-9-7-23(8-10-24)22-41-19-16-28(17-20-41)37-29-15-18-36-30(21-35)38-29/h2-15,18,28H,16-17,19-20,22H2,1H3,(H,36,37,38). The molecule has 3 aromatic carbocycles. The van der Waals surface area contributed by atoms with Gasteiger partial charge in [-0.3, -0.25) is 4.90 Å². The molecule has 0 unspecified atom stereocenters. The monoisotopic (exact) mass is 543 g/mol. The van der Waals surface area contributed by atoms with Crippen LogP contribution in [0.5, 0.6) is 0 Å². The van der Waals surface area contributed by atoms with E-state index in [1.165, 1.54) is 17.7 Å². The van der Waals surface area contributed by atoms with Crippen molar-refractivity contribution in [2.45, 2.75) is 25.4 Å². The molecule has 5 aromatic rings. The predicted octanol–water partition coefficient (Wildman–Crippen LogP) is 6.30. The number of aromatic nitrogens is 4. The van der Waals surface area contributed by atoms with Gasteiger partial charge in [0.05, 0.1) is 11.4 Å². The molecule has 7 nitrogen and oxygen atoms in total. The lowest BCUT2D eigenvalue weighted by Gasteiger charge is -2.32. The first-order valence-corrected chi connectivity index (χ1v) is 13.8. The average molecular weight is 544 g/mol. The van der Waals surface area contributed by atoms with Crippen LogP contribution in [0, 0.1) is 17.1 Å². The first-order chi connectivity index (χ1) is 20.1. The van der Waals surface area contributed by atoms with Gasteiger partial charge in [-0.05, 0) is 48.7 Å². The fraction of sp³-hybridized carbons (Fsp3) is 0.212. The summed E-state index contributed by atoms with van der Waals surface area (Å²) in [4.78, 5) is 15.7. The number of hydrogen-bond donors (Lipinski definition) is 1. The largest absolute Gasteiger partial charge is 0.367 e. The Morgan fingerprint density at radius 2 is 1.59 bits per heavy atom. The quantitative estimate of drug-likeness (QED) is 0.260. The van der Waals surface area contributed by atoms with E-state index in [-0.39, 0.29) is 11.6 Å². The lowest BCUT2D eigenvalue weighted by Crippen LogP contribution is -2.38. The number of imidazole rings is 1. The Hall–Kier alpha value is -4.87. The number of halogens is 1. The van der Waals surface area contributed by atoms with Gasteiger partial charge in [0.1, 0.15) is 23.5 Å². The van der Waals surface area contributed by atoms with Gasteiger partial charge in [0.25, 0.3) is 0 Å². The molecule has 204 valence electrons. The van der Waals surface area contributed by atoms with Crippen molar-refractivity contribution in [2.75, 3.05) is 18.4 Å². The maximum Gasteiger partial charge on any atom is 0.234 e. The van der Waals surface area contributed by atoms with Crippen LogP contribution in [0.1, 0.15) is 24.2 Å².